The summed E-state index contributed by atoms with van der Waals surface area (Å²) in [7, 11) is 0. The molecule has 27 heavy (non-hydrogen) atoms. The molecule has 1 aliphatic rings. The van der Waals surface area contributed by atoms with Crippen molar-refractivity contribution in [2.24, 2.45) is 11.8 Å². The second kappa shape index (κ2) is 9.01. The molecule has 0 radical (unpaired) electrons. The highest BCUT2D eigenvalue weighted by Gasteiger charge is 2.32. The number of halogens is 1. The van der Waals surface area contributed by atoms with Gasteiger partial charge >= 0.3 is 0 Å². The Balaban J connectivity index is 2.26. The van der Waals surface area contributed by atoms with Gasteiger partial charge in [0.2, 0.25) is 0 Å². The lowest BCUT2D eigenvalue weighted by Gasteiger charge is -2.30. The van der Waals surface area contributed by atoms with Gasteiger partial charge in [-0.05, 0) is 50.5 Å². The molecule has 0 unspecified atom stereocenters. The number of nitrogens with one attached hydrogen (secondary N) is 1. The number of carbonyl (C=O) groups is 2. The average Bonchev–Trinajstić information content (AvgIpc) is 2.59. The monoisotopic (exact) mass is 386 g/mol. The van der Waals surface area contributed by atoms with Gasteiger partial charge in [0.25, 0.3) is 0 Å². The summed E-state index contributed by atoms with van der Waals surface area (Å²) in [5, 5.41) is 13.5. The van der Waals surface area contributed by atoms with Crippen molar-refractivity contribution in [1.29, 1.82) is 5.26 Å². The number of hydrogen-bond acceptors (Lipinski definition) is 5. The molecule has 4 nitrogen and oxygen atoms in total. The molecule has 1 heterocycles. The lowest BCUT2D eigenvalue weighted by Crippen LogP contribution is -2.29. The summed E-state index contributed by atoms with van der Waals surface area (Å²) >= 11 is 1.24. The highest BCUT2D eigenvalue weighted by atomic mass is 32.2. The number of benzene rings is 1. The molecule has 1 aliphatic heterocycles. The molecule has 1 aromatic carbocycles. The number of rotatable bonds is 7. The van der Waals surface area contributed by atoms with E-state index in [2.05, 4.69) is 25.2 Å². The summed E-state index contributed by atoms with van der Waals surface area (Å²) < 4.78 is 13.0. The van der Waals surface area contributed by atoms with E-state index in [1.807, 2.05) is 6.92 Å². The van der Waals surface area contributed by atoms with E-state index in [-0.39, 0.29) is 23.2 Å². The maximum atomic E-state index is 13.0. The zero-order valence-corrected chi connectivity index (χ0v) is 16.7. The third-order valence-electron chi connectivity index (χ3n) is 4.37. The number of thioether (sulfide) groups is 1. The largest absolute Gasteiger partial charge is 0.353 e. The van der Waals surface area contributed by atoms with Crippen molar-refractivity contribution in [3.63, 3.8) is 0 Å². The Labute approximate surface area is 163 Å². The van der Waals surface area contributed by atoms with Crippen molar-refractivity contribution >= 4 is 23.3 Å². The van der Waals surface area contributed by atoms with Gasteiger partial charge in [0.15, 0.2) is 11.6 Å². The van der Waals surface area contributed by atoms with Crippen LogP contribution in [-0.2, 0) is 4.79 Å². The Hall–Kier alpha value is -2.39. The molecule has 0 amide bonds. The maximum absolute atomic E-state index is 13.0. The van der Waals surface area contributed by atoms with Gasteiger partial charge in [0.1, 0.15) is 5.82 Å². The van der Waals surface area contributed by atoms with Gasteiger partial charge in [-0.15, -0.1) is 0 Å². The first-order valence-electron chi connectivity index (χ1n) is 8.79. The van der Waals surface area contributed by atoms with Crippen LogP contribution in [0, 0.1) is 29.0 Å². The maximum Gasteiger partial charge on any atom is 0.173 e. The summed E-state index contributed by atoms with van der Waals surface area (Å²) in [6.07, 6.45) is 0.687. The van der Waals surface area contributed by atoms with E-state index in [1.165, 1.54) is 43.0 Å². The molecular weight excluding hydrogens is 363 g/mol. The van der Waals surface area contributed by atoms with Crippen molar-refractivity contribution in [2.45, 2.75) is 34.1 Å². The summed E-state index contributed by atoms with van der Waals surface area (Å²) in [4.78, 5) is 24.5. The van der Waals surface area contributed by atoms with Crippen molar-refractivity contribution in [2.75, 3.05) is 5.75 Å². The Morgan fingerprint density at radius 2 is 1.93 bits per heavy atom. The SMILES string of the molecule is CC(=O)C1=C(C)NC(SCC(=O)c2ccc(F)cc2)=C(C#N)[C@@H]1CC(C)C. The van der Waals surface area contributed by atoms with Crippen molar-refractivity contribution in [1.82, 2.24) is 5.32 Å². The van der Waals surface area contributed by atoms with Crippen LogP contribution >= 0.6 is 11.8 Å². The molecule has 0 spiro atoms. The topological polar surface area (TPSA) is 70.0 Å². The predicted octanol–water partition coefficient (Wildman–Crippen LogP) is 4.61. The van der Waals surface area contributed by atoms with Crippen LogP contribution in [0.15, 0.2) is 46.1 Å². The number of allylic oxidation sites excluding steroid dienone is 3. The molecule has 0 aromatic heterocycles. The second-order valence-electron chi connectivity index (χ2n) is 6.98. The third kappa shape index (κ3) is 5.08. The van der Waals surface area contributed by atoms with Crippen LogP contribution in [-0.4, -0.2) is 17.3 Å². The van der Waals surface area contributed by atoms with E-state index in [1.54, 1.807) is 0 Å². The van der Waals surface area contributed by atoms with Gasteiger partial charge in [0.05, 0.1) is 22.4 Å². The van der Waals surface area contributed by atoms with Gasteiger partial charge < -0.3 is 5.32 Å². The zero-order valence-electron chi connectivity index (χ0n) is 15.9. The molecule has 142 valence electrons. The Kier molecular flexibility index (Phi) is 6.98. The number of Topliss-reactive ketones (excluding diaryl/α,β-unsaturated/α-hetero) is 2. The lowest BCUT2D eigenvalue weighted by atomic mass is 9.81. The van der Waals surface area contributed by atoms with Crippen molar-refractivity contribution in [3.05, 3.63) is 57.5 Å². The van der Waals surface area contributed by atoms with E-state index < -0.39 is 5.82 Å². The molecule has 0 aliphatic carbocycles. The summed E-state index contributed by atoms with van der Waals surface area (Å²) in [5.74, 6) is -0.425. The number of nitriles is 1. The highest BCUT2D eigenvalue weighted by Crippen LogP contribution is 2.37. The molecule has 1 atom stereocenters. The van der Waals surface area contributed by atoms with Crippen LogP contribution in [0.4, 0.5) is 4.39 Å². The fourth-order valence-electron chi connectivity index (χ4n) is 3.18. The summed E-state index contributed by atoms with van der Waals surface area (Å²) in [6, 6.07) is 7.64. The Morgan fingerprint density at radius 3 is 2.44 bits per heavy atom. The fraction of sp³-hybridized carbons (Fsp3) is 0.381. The Morgan fingerprint density at radius 1 is 1.30 bits per heavy atom. The minimum absolute atomic E-state index is 0.0511. The van der Waals surface area contributed by atoms with E-state index >= 15 is 0 Å². The third-order valence-corrected chi connectivity index (χ3v) is 5.38. The zero-order chi connectivity index (χ0) is 20.1. The quantitative estimate of drug-likeness (QED) is 0.693. The van der Waals surface area contributed by atoms with Crippen LogP contribution in [0.25, 0.3) is 0 Å². The molecule has 2 rings (SSSR count). The first-order valence-corrected chi connectivity index (χ1v) is 9.77. The first kappa shape index (κ1) is 20.9. The molecule has 0 bridgehead atoms. The number of ketones is 2. The summed E-state index contributed by atoms with van der Waals surface area (Å²) in [6.45, 7) is 7.43. The predicted molar refractivity (Wildman–Crippen MR) is 105 cm³/mol. The standard InChI is InChI=1S/C21H23FN2O2S/c1-12(2)9-17-18(10-23)21(24-13(3)20(17)14(4)25)27-11-19(26)15-5-7-16(22)8-6-15/h5-8,12,17,24H,9,11H2,1-4H3/t17-/m0/s1. The number of nitrogens with zero attached hydrogens (tertiary/aromatic N) is 1. The molecule has 6 heteroatoms. The number of carbonyl (C=O) groups excluding carboxylic acids is 2. The van der Waals surface area contributed by atoms with Crippen LogP contribution in [0.3, 0.4) is 0 Å². The molecule has 1 N–H and O–H groups in total. The summed E-state index contributed by atoms with van der Waals surface area (Å²) in [5.41, 5.74) is 2.28. The van der Waals surface area contributed by atoms with E-state index in [9.17, 15) is 19.2 Å². The van der Waals surface area contributed by atoms with Gasteiger partial charge in [0, 0.05) is 22.8 Å². The van der Waals surface area contributed by atoms with E-state index in [4.69, 9.17) is 0 Å². The van der Waals surface area contributed by atoms with Crippen molar-refractivity contribution in [3.8, 4) is 6.07 Å². The number of hydrogen-bond donors (Lipinski definition) is 1. The smallest absolute Gasteiger partial charge is 0.173 e. The number of dihydropyridines is 1. The highest BCUT2D eigenvalue weighted by molar-refractivity contribution is 8.03. The van der Waals surface area contributed by atoms with Gasteiger partial charge in [-0.1, -0.05) is 25.6 Å². The average molecular weight is 386 g/mol. The van der Waals surface area contributed by atoms with Crippen LogP contribution in [0.2, 0.25) is 0 Å². The normalized spacial score (nSPS) is 17.0. The minimum atomic E-state index is -0.392. The minimum Gasteiger partial charge on any atom is -0.353 e. The van der Waals surface area contributed by atoms with Gasteiger partial charge in [-0.3, -0.25) is 9.59 Å². The van der Waals surface area contributed by atoms with Crippen LogP contribution in [0.1, 0.15) is 44.5 Å². The van der Waals surface area contributed by atoms with Gasteiger partial charge in [-0.25, -0.2) is 4.39 Å². The second-order valence-corrected chi connectivity index (χ2v) is 7.96. The van der Waals surface area contributed by atoms with E-state index in [0.717, 1.165) is 5.70 Å². The fourth-order valence-corrected chi connectivity index (χ4v) is 4.20. The molecule has 0 saturated heterocycles. The first-order chi connectivity index (χ1) is 12.7. The lowest BCUT2D eigenvalue weighted by molar-refractivity contribution is -0.114. The molecule has 0 fully saturated rings. The molecule has 1 aromatic rings. The van der Waals surface area contributed by atoms with Crippen LogP contribution < -0.4 is 5.32 Å². The van der Waals surface area contributed by atoms with Gasteiger partial charge in [-0.2, -0.15) is 5.26 Å². The van der Waals surface area contributed by atoms with Crippen LogP contribution in [0.5, 0.6) is 0 Å². The molecule has 0 saturated carbocycles. The Bertz CT molecular complexity index is 848. The molecular formula is C21H23FN2O2S. The van der Waals surface area contributed by atoms with E-state index in [0.29, 0.717) is 34.1 Å². The van der Waals surface area contributed by atoms with Crippen molar-refractivity contribution < 1.29 is 14.0 Å².